The fourth-order valence-electron chi connectivity index (χ4n) is 2.12. The monoisotopic (exact) mass is 303 g/mol. The number of thiazole rings is 1. The molecule has 0 aliphatic rings. The third-order valence-corrected chi connectivity index (χ3v) is 4.34. The van der Waals surface area contributed by atoms with Gasteiger partial charge in [0.2, 0.25) is 0 Å². The zero-order valence-electron chi connectivity index (χ0n) is 13.1. The maximum absolute atomic E-state index is 5.46. The summed E-state index contributed by atoms with van der Waals surface area (Å²) >= 11 is 1.73. The van der Waals surface area contributed by atoms with Crippen LogP contribution in [0.4, 0.5) is 0 Å². The minimum atomic E-state index is 0.195. The van der Waals surface area contributed by atoms with Gasteiger partial charge in [-0.25, -0.2) is 4.98 Å². The number of nitrogens with two attached hydrogens (primary N) is 1. The van der Waals surface area contributed by atoms with Gasteiger partial charge in [-0.3, -0.25) is 0 Å². The molecule has 0 amide bonds. The Labute approximate surface area is 131 Å². The van der Waals surface area contributed by atoms with Crippen molar-refractivity contribution < 1.29 is 0 Å². The van der Waals surface area contributed by atoms with E-state index in [1.165, 1.54) is 16.1 Å². The fourth-order valence-corrected chi connectivity index (χ4v) is 2.93. The van der Waals surface area contributed by atoms with Crippen molar-refractivity contribution in [1.82, 2.24) is 10.3 Å². The van der Waals surface area contributed by atoms with E-state index in [1.807, 2.05) is 0 Å². The SMILES string of the molecule is CC(C)(C)c1ccc(-c2csc(CCNCCN)n2)cc1. The molecule has 0 saturated carbocycles. The van der Waals surface area contributed by atoms with Gasteiger partial charge in [0.1, 0.15) is 0 Å². The molecule has 1 aromatic heterocycles. The molecule has 0 spiro atoms. The normalized spacial score (nSPS) is 11.8. The second-order valence-electron chi connectivity index (χ2n) is 6.24. The Balaban J connectivity index is 2.00. The van der Waals surface area contributed by atoms with E-state index < -0.39 is 0 Å². The highest BCUT2D eigenvalue weighted by molar-refractivity contribution is 7.09. The van der Waals surface area contributed by atoms with Crippen LogP contribution in [0, 0.1) is 0 Å². The van der Waals surface area contributed by atoms with Crippen molar-refractivity contribution in [3.8, 4) is 11.3 Å². The molecule has 0 atom stereocenters. The van der Waals surface area contributed by atoms with Crippen LogP contribution in [0.2, 0.25) is 0 Å². The summed E-state index contributed by atoms with van der Waals surface area (Å²) in [7, 11) is 0. The molecule has 2 rings (SSSR count). The molecule has 0 aliphatic heterocycles. The largest absolute Gasteiger partial charge is 0.329 e. The molecule has 0 fully saturated rings. The maximum atomic E-state index is 5.46. The summed E-state index contributed by atoms with van der Waals surface area (Å²) in [6, 6.07) is 8.76. The molecule has 2 aromatic rings. The third kappa shape index (κ3) is 4.63. The quantitative estimate of drug-likeness (QED) is 0.806. The highest BCUT2D eigenvalue weighted by Crippen LogP contribution is 2.27. The third-order valence-electron chi connectivity index (χ3n) is 3.44. The zero-order chi connectivity index (χ0) is 15.3. The lowest BCUT2D eigenvalue weighted by atomic mass is 9.86. The predicted molar refractivity (Wildman–Crippen MR) is 91.9 cm³/mol. The average molecular weight is 303 g/mol. The highest BCUT2D eigenvalue weighted by atomic mass is 32.1. The number of aromatic nitrogens is 1. The first-order chi connectivity index (χ1) is 10.0. The Morgan fingerprint density at radius 3 is 2.48 bits per heavy atom. The minimum absolute atomic E-state index is 0.195. The van der Waals surface area contributed by atoms with E-state index in [0.717, 1.165) is 25.2 Å². The van der Waals surface area contributed by atoms with Gasteiger partial charge in [-0.2, -0.15) is 0 Å². The summed E-state index contributed by atoms with van der Waals surface area (Å²) in [6.07, 6.45) is 0.963. The van der Waals surface area contributed by atoms with Gasteiger partial charge >= 0.3 is 0 Å². The summed E-state index contributed by atoms with van der Waals surface area (Å²) in [6.45, 7) is 9.19. The standard InChI is InChI=1S/C17H25N3S/c1-17(2,3)14-6-4-13(5-7-14)15-12-21-16(20-15)8-10-19-11-9-18/h4-7,12,19H,8-11,18H2,1-3H3. The van der Waals surface area contributed by atoms with E-state index in [9.17, 15) is 0 Å². The molecule has 114 valence electrons. The molecule has 3 N–H and O–H groups in total. The van der Waals surface area contributed by atoms with Gasteiger partial charge in [-0.15, -0.1) is 11.3 Å². The number of benzene rings is 1. The number of nitrogens with one attached hydrogen (secondary N) is 1. The first-order valence-electron chi connectivity index (χ1n) is 7.47. The molecular weight excluding hydrogens is 278 g/mol. The second-order valence-corrected chi connectivity index (χ2v) is 7.19. The van der Waals surface area contributed by atoms with E-state index in [2.05, 4.69) is 55.7 Å². The second kappa shape index (κ2) is 7.16. The van der Waals surface area contributed by atoms with Gasteiger partial charge in [0.05, 0.1) is 10.7 Å². The van der Waals surface area contributed by atoms with Gasteiger partial charge in [-0.05, 0) is 11.0 Å². The van der Waals surface area contributed by atoms with Crippen LogP contribution < -0.4 is 11.1 Å². The minimum Gasteiger partial charge on any atom is -0.329 e. The van der Waals surface area contributed by atoms with E-state index in [4.69, 9.17) is 10.7 Å². The summed E-state index contributed by atoms with van der Waals surface area (Å²) in [5, 5.41) is 6.62. The first kappa shape index (κ1) is 16.1. The molecule has 0 aliphatic carbocycles. The number of rotatable bonds is 6. The Morgan fingerprint density at radius 2 is 1.86 bits per heavy atom. The molecule has 1 aromatic carbocycles. The molecule has 0 bridgehead atoms. The summed E-state index contributed by atoms with van der Waals surface area (Å²) in [5.41, 5.74) is 9.28. The van der Waals surface area contributed by atoms with Gasteiger partial charge in [-0.1, -0.05) is 45.0 Å². The zero-order valence-corrected chi connectivity index (χ0v) is 14.0. The highest BCUT2D eigenvalue weighted by Gasteiger charge is 2.13. The number of hydrogen-bond donors (Lipinski definition) is 2. The molecule has 21 heavy (non-hydrogen) atoms. The van der Waals surface area contributed by atoms with Crippen molar-refractivity contribution in [3.05, 3.63) is 40.2 Å². The Kier molecular flexibility index (Phi) is 5.51. The molecular formula is C17H25N3S. The summed E-state index contributed by atoms with van der Waals surface area (Å²) in [5.74, 6) is 0. The summed E-state index contributed by atoms with van der Waals surface area (Å²) in [4.78, 5) is 4.72. The Morgan fingerprint density at radius 1 is 1.14 bits per heavy atom. The molecule has 0 saturated heterocycles. The maximum Gasteiger partial charge on any atom is 0.0945 e. The van der Waals surface area contributed by atoms with Crippen LogP contribution in [0.5, 0.6) is 0 Å². The molecule has 3 nitrogen and oxygen atoms in total. The van der Waals surface area contributed by atoms with E-state index in [1.54, 1.807) is 11.3 Å². The van der Waals surface area contributed by atoms with Crippen molar-refractivity contribution in [2.75, 3.05) is 19.6 Å². The lowest BCUT2D eigenvalue weighted by molar-refractivity contribution is 0.590. The van der Waals surface area contributed by atoms with Crippen molar-refractivity contribution in [1.29, 1.82) is 0 Å². The Hall–Kier alpha value is -1.23. The van der Waals surface area contributed by atoms with Crippen LogP contribution >= 0.6 is 11.3 Å². The van der Waals surface area contributed by atoms with Gasteiger partial charge in [0.15, 0.2) is 0 Å². The molecule has 0 radical (unpaired) electrons. The number of nitrogens with zero attached hydrogens (tertiary/aromatic N) is 1. The van der Waals surface area contributed by atoms with Crippen LogP contribution in [0.15, 0.2) is 29.6 Å². The topological polar surface area (TPSA) is 50.9 Å². The van der Waals surface area contributed by atoms with Crippen molar-refractivity contribution in [2.24, 2.45) is 5.73 Å². The van der Waals surface area contributed by atoms with E-state index >= 15 is 0 Å². The lowest BCUT2D eigenvalue weighted by Crippen LogP contribution is -2.24. The van der Waals surface area contributed by atoms with Crippen LogP contribution in [-0.4, -0.2) is 24.6 Å². The van der Waals surface area contributed by atoms with E-state index in [-0.39, 0.29) is 5.41 Å². The molecule has 1 heterocycles. The Bertz CT molecular complexity index is 552. The van der Waals surface area contributed by atoms with Crippen LogP contribution in [0.3, 0.4) is 0 Å². The average Bonchev–Trinajstić information content (AvgIpc) is 2.92. The summed E-state index contributed by atoms with van der Waals surface area (Å²) < 4.78 is 0. The van der Waals surface area contributed by atoms with Crippen LogP contribution in [0.1, 0.15) is 31.3 Å². The molecule has 4 heteroatoms. The van der Waals surface area contributed by atoms with E-state index in [0.29, 0.717) is 6.54 Å². The van der Waals surface area contributed by atoms with Gasteiger partial charge in [0.25, 0.3) is 0 Å². The van der Waals surface area contributed by atoms with Gasteiger partial charge in [0, 0.05) is 37.0 Å². The van der Waals surface area contributed by atoms with Crippen LogP contribution in [-0.2, 0) is 11.8 Å². The lowest BCUT2D eigenvalue weighted by Gasteiger charge is -2.18. The van der Waals surface area contributed by atoms with Gasteiger partial charge < -0.3 is 11.1 Å². The molecule has 0 unspecified atom stereocenters. The fraction of sp³-hybridized carbons (Fsp3) is 0.471. The first-order valence-corrected chi connectivity index (χ1v) is 8.35. The van der Waals surface area contributed by atoms with Crippen molar-refractivity contribution in [3.63, 3.8) is 0 Å². The number of hydrogen-bond acceptors (Lipinski definition) is 4. The van der Waals surface area contributed by atoms with Crippen molar-refractivity contribution in [2.45, 2.75) is 32.6 Å². The predicted octanol–water partition coefficient (Wildman–Crippen LogP) is 3.20. The van der Waals surface area contributed by atoms with Crippen molar-refractivity contribution >= 4 is 11.3 Å². The smallest absolute Gasteiger partial charge is 0.0945 e. The van der Waals surface area contributed by atoms with Crippen LogP contribution in [0.25, 0.3) is 11.3 Å².